The normalized spacial score (nSPS) is 12.0. The maximum absolute atomic E-state index is 12.6. The van der Waals surface area contributed by atoms with Gasteiger partial charge in [0.15, 0.2) is 5.69 Å². The molecule has 0 saturated carbocycles. The van der Waals surface area contributed by atoms with Crippen molar-refractivity contribution in [3.63, 3.8) is 0 Å². The van der Waals surface area contributed by atoms with Crippen LogP contribution in [0.5, 0.6) is 0 Å². The van der Waals surface area contributed by atoms with E-state index in [-0.39, 0.29) is 16.1 Å². The zero-order valence-corrected chi connectivity index (χ0v) is 16.5. The highest BCUT2D eigenvalue weighted by atomic mass is 127. The van der Waals surface area contributed by atoms with Gasteiger partial charge in [-0.15, -0.1) is 5.11 Å². The average molecular weight is 483 g/mol. The molecule has 1 heterocycles. The van der Waals surface area contributed by atoms with Gasteiger partial charge in [-0.05, 0) is 78.0 Å². The summed E-state index contributed by atoms with van der Waals surface area (Å²) in [6, 6.07) is 13.0. The van der Waals surface area contributed by atoms with E-state index in [1.807, 2.05) is 24.3 Å². The van der Waals surface area contributed by atoms with Gasteiger partial charge >= 0.3 is 0 Å². The van der Waals surface area contributed by atoms with E-state index >= 15 is 0 Å². The molecule has 134 valence electrons. The molecule has 3 aromatic rings. The Morgan fingerprint density at radius 2 is 1.65 bits per heavy atom. The van der Waals surface area contributed by atoms with Gasteiger partial charge in [0.05, 0.1) is 22.0 Å². The van der Waals surface area contributed by atoms with Crippen molar-refractivity contribution in [3.05, 3.63) is 68.1 Å². The Kier molecular flexibility index (Phi) is 5.07. The Hall–Kier alpha value is -2.31. The summed E-state index contributed by atoms with van der Waals surface area (Å²) >= 11 is 2.19. The van der Waals surface area contributed by atoms with Crippen molar-refractivity contribution in [3.8, 4) is 5.69 Å². The topological polar surface area (TPSA) is 123 Å². The molecule has 26 heavy (non-hydrogen) atoms. The summed E-state index contributed by atoms with van der Waals surface area (Å²) in [5.41, 5.74) is 1.52. The van der Waals surface area contributed by atoms with Crippen molar-refractivity contribution in [2.24, 2.45) is 15.4 Å². The van der Waals surface area contributed by atoms with Crippen molar-refractivity contribution in [1.29, 1.82) is 0 Å². The van der Waals surface area contributed by atoms with E-state index in [4.69, 9.17) is 5.14 Å². The van der Waals surface area contributed by atoms with Crippen LogP contribution < -0.4 is 10.7 Å². The fraction of sp³-hybridized carbons (Fsp3) is 0.0625. The number of nitrogens with zero attached hydrogens (tertiary/aromatic N) is 3. The molecule has 8 nitrogen and oxygen atoms in total. The van der Waals surface area contributed by atoms with E-state index in [2.05, 4.69) is 37.9 Å². The van der Waals surface area contributed by atoms with Crippen molar-refractivity contribution in [2.75, 3.05) is 0 Å². The van der Waals surface area contributed by atoms with E-state index in [0.29, 0.717) is 17.1 Å². The predicted molar refractivity (Wildman–Crippen MR) is 106 cm³/mol. The predicted octanol–water partition coefficient (Wildman–Crippen LogP) is 3.14. The van der Waals surface area contributed by atoms with Gasteiger partial charge in [0.25, 0.3) is 5.56 Å². The number of hydrogen-bond acceptors (Lipinski definition) is 5. The van der Waals surface area contributed by atoms with Gasteiger partial charge in [-0.1, -0.05) is 0 Å². The highest BCUT2D eigenvalue weighted by Gasteiger charge is 2.12. The first-order chi connectivity index (χ1) is 12.3. The minimum atomic E-state index is -3.76. The van der Waals surface area contributed by atoms with Crippen molar-refractivity contribution < 1.29 is 8.42 Å². The molecule has 0 amide bonds. The second-order valence-corrected chi connectivity index (χ2v) is 8.25. The quantitative estimate of drug-likeness (QED) is 0.438. The molecule has 0 aliphatic carbocycles. The number of primary sulfonamides is 1. The lowest BCUT2D eigenvalue weighted by atomic mass is 10.3. The van der Waals surface area contributed by atoms with Crippen LogP contribution in [0.1, 0.15) is 5.69 Å². The number of rotatable bonds is 4. The summed E-state index contributed by atoms with van der Waals surface area (Å²) < 4.78 is 24.9. The Morgan fingerprint density at radius 1 is 1.04 bits per heavy atom. The molecule has 0 bridgehead atoms. The van der Waals surface area contributed by atoms with Crippen LogP contribution in [0.15, 0.2) is 68.4 Å². The Labute approximate surface area is 162 Å². The largest absolute Gasteiger partial charge is 0.299 e. The maximum Gasteiger partial charge on any atom is 0.299 e. The minimum Gasteiger partial charge on any atom is -0.293 e. The number of nitrogens with one attached hydrogen (secondary N) is 1. The van der Waals surface area contributed by atoms with Crippen molar-refractivity contribution >= 4 is 44.0 Å². The van der Waals surface area contributed by atoms with Crippen LogP contribution in [0.3, 0.4) is 0 Å². The summed E-state index contributed by atoms with van der Waals surface area (Å²) in [5.74, 6) is 0. The molecular weight excluding hydrogens is 469 g/mol. The summed E-state index contributed by atoms with van der Waals surface area (Å²) in [6.07, 6.45) is 0. The van der Waals surface area contributed by atoms with Crippen LogP contribution in [0.2, 0.25) is 0 Å². The molecule has 0 fully saturated rings. The molecular formula is C16H14IN5O3S. The fourth-order valence-electron chi connectivity index (χ4n) is 2.24. The number of hydrogen-bond donors (Lipinski definition) is 2. The first kappa shape index (κ1) is 18.5. The Balaban J connectivity index is 1.92. The van der Waals surface area contributed by atoms with Crippen LogP contribution in [-0.4, -0.2) is 18.2 Å². The zero-order chi connectivity index (χ0) is 18.9. The fourth-order valence-corrected chi connectivity index (χ4v) is 3.11. The van der Waals surface area contributed by atoms with E-state index < -0.39 is 10.0 Å². The molecule has 0 unspecified atom stereocenters. The number of azo groups is 1. The van der Waals surface area contributed by atoms with Gasteiger partial charge in [0.1, 0.15) is 0 Å². The number of aromatic amines is 1. The Bertz CT molecular complexity index is 1130. The van der Waals surface area contributed by atoms with Crippen LogP contribution >= 0.6 is 22.6 Å². The molecule has 0 aliphatic heterocycles. The zero-order valence-electron chi connectivity index (χ0n) is 13.5. The number of nitrogens with two attached hydrogens (primary N) is 1. The van der Waals surface area contributed by atoms with E-state index in [9.17, 15) is 13.2 Å². The molecule has 3 N–H and O–H groups in total. The van der Waals surface area contributed by atoms with Crippen molar-refractivity contribution in [1.82, 2.24) is 9.78 Å². The minimum absolute atomic E-state index is 0.0182. The first-order valence-electron chi connectivity index (χ1n) is 7.38. The number of aromatic nitrogens is 2. The highest BCUT2D eigenvalue weighted by Crippen LogP contribution is 2.20. The lowest BCUT2D eigenvalue weighted by molar-refractivity contribution is 0.598. The van der Waals surface area contributed by atoms with E-state index in [1.165, 1.54) is 28.9 Å². The van der Waals surface area contributed by atoms with Gasteiger partial charge in [-0.25, -0.2) is 18.2 Å². The van der Waals surface area contributed by atoms with E-state index in [1.54, 1.807) is 6.92 Å². The van der Waals surface area contributed by atoms with Crippen LogP contribution in [0.4, 0.5) is 11.4 Å². The molecule has 2 aromatic carbocycles. The number of sulfonamides is 1. The molecule has 3 rings (SSSR count). The summed E-state index contributed by atoms with van der Waals surface area (Å²) in [7, 11) is -3.76. The lowest BCUT2D eigenvalue weighted by Crippen LogP contribution is -2.13. The van der Waals surface area contributed by atoms with E-state index in [0.717, 1.165) is 3.57 Å². The number of aryl methyl sites for hydroxylation is 1. The number of benzene rings is 2. The number of H-pyrrole nitrogens is 1. The van der Waals surface area contributed by atoms with Crippen molar-refractivity contribution in [2.45, 2.75) is 11.8 Å². The second kappa shape index (κ2) is 7.13. The monoisotopic (exact) mass is 483 g/mol. The molecule has 10 heteroatoms. The van der Waals surface area contributed by atoms with Gasteiger partial charge in [-0.3, -0.25) is 9.89 Å². The summed E-state index contributed by atoms with van der Waals surface area (Å²) in [5, 5.41) is 16.0. The number of halogens is 1. The van der Waals surface area contributed by atoms with Gasteiger partial charge < -0.3 is 0 Å². The average Bonchev–Trinajstić information content (AvgIpc) is 2.88. The smallest absolute Gasteiger partial charge is 0.293 e. The maximum atomic E-state index is 12.6. The lowest BCUT2D eigenvalue weighted by Gasteiger charge is -2.00. The molecule has 0 atom stereocenters. The third-order valence-electron chi connectivity index (χ3n) is 3.56. The first-order valence-corrected chi connectivity index (χ1v) is 10.0. The van der Waals surface area contributed by atoms with Crippen LogP contribution in [0, 0.1) is 10.5 Å². The van der Waals surface area contributed by atoms with Gasteiger partial charge in [0.2, 0.25) is 10.0 Å². The standard InChI is InChI=1S/C16H14IN5O3S/c1-10-15(16(23)22(21-10)13-6-2-11(17)3-7-13)20-19-12-4-8-14(9-5-12)26(18,24)25/h2-9,21H,1H3,(H2,18,24,25). The summed E-state index contributed by atoms with van der Waals surface area (Å²) in [6.45, 7) is 1.73. The van der Waals surface area contributed by atoms with Gasteiger partial charge in [0, 0.05) is 3.57 Å². The molecule has 0 spiro atoms. The molecule has 0 aliphatic rings. The third kappa shape index (κ3) is 3.92. The Morgan fingerprint density at radius 3 is 2.23 bits per heavy atom. The molecule has 1 aromatic heterocycles. The highest BCUT2D eigenvalue weighted by molar-refractivity contribution is 14.1. The SMILES string of the molecule is Cc1[nH]n(-c2ccc(I)cc2)c(=O)c1N=Nc1ccc(S(N)(=O)=O)cc1. The van der Waals surface area contributed by atoms with Crippen LogP contribution in [0.25, 0.3) is 5.69 Å². The third-order valence-corrected chi connectivity index (χ3v) is 5.20. The van der Waals surface area contributed by atoms with Crippen LogP contribution in [-0.2, 0) is 10.0 Å². The van der Waals surface area contributed by atoms with Gasteiger partial charge in [-0.2, -0.15) is 5.11 Å². The second-order valence-electron chi connectivity index (χ2n) is 5.44. The molecule has 0 radical (unpaired) electrons. The summed E-state index contributed by atoms with van der Waals surface area (Å²) in [4.78, 5) is 12.5. The molecule has 0 saturated heterocycles.